The molecule has 0 bridgehead atoms. The van der Waals surface area contributed by atoms with Crippen molar-refractivity contribution in [2.75, 3.05) is 37.7 Å². The van der Waals surface area contributed by atoms with E-state index >= 15 is 0 Å². The molecule has 2 saturated heterocycles. The van der Waals surface area contributed by atoms with Gasteiger partial charge in [0.2, 0.25) is 5.91 Å². The predicted molar refractivity (Wildman–Crippen MR) is 105 cm³/mol. The molecule has 0 aliphatic carbocycles. The summed E-state index contributed by atoms with van der Waals surface area (Å²) in [4.78, 5) is 16.9. The standard InChI is InChI=1S/C20H26N2O4S/c1-2-15-3-4-18-16(13-26-19(18)11-15)12-20(23)22-8-6-21(7-9-22)17-5-10-27(24,25)14-17/h3-4,11,13,17H,2,5-10,12,14H2,1H3/t17-/m1/s1. The maximum absolute atomic E-state index is 12.7. The third-order valence-corrected chi connectivity index (χ3v) is 7.61. The van der Waals surface area contributed by atoms with E-state index in [4.69, 9.17) is 4.42 Å². The molecular weight excluding hydrogens is 364 g/mol. The van der Waals surface area contributed by atoms with Gasteiger partial charge in [0.1, 0.15) is 5.58 Å². The third-order valence-electron chi connectivity index (χ3n) is 5.86. The van der Waals surface area contributed by atoms with E-state index in [1.54, 1.807) is 6.26 Å². The van der Waals surface area contributed by atoms with Crippen LogP contribution < -0.4 is 0 Å². The summed E-state index contributed by atoms with van der Waals surface area (Å²) in [5.41, 5.74) is 2.99. The maximum Gasteiger partial charge on any atom is 0.227 e. The lowest BCUT2D eigenvalue weighted by Crippen LogP contribution is -2.52. The maximum atomic E-state index is 12.7. The number of nitrogens with zero attached hydrogens (tertiary/aromatic N) is 2. The van der Waals surface area contributed by atoms with Crippen LogP contribution in [0.25, 0.3) is 11.0 Å². The fourth-order valence-corrected chi connectivity index (χ4v) is 5.92. The second-order valence-corrected chi connectivity index (χ2v) is 9.82. The van der Waals surface area contributed by atoms with Crippen molar-refractivity contribution in [2.45, 2.75) is 32.2 Å². The van der Waals surface area contributed by atoms with E-state index in [0.29, 0.717) is 25.3 Å². The molecule has 4 rings (SSSR count). The summed E-state index contributed by atoms with van der Waals surface area (Å²) >= 11 is 0. The van der Waals surface area contributed by atoms with Crippen molar-refractivity contribution in [3.63, 3.8) is 0 Å². The first-order valence-electron chi connectivity index (χ1n) is 9.66. The van der Waals surface area contributed by atoms with E-state index in [9.17, 15) is 13.2 Å². The van der Waals surface area contributed by atoms with Gasteiger partial charge in [0.05, 0.1) is 24.2 Å². The van der Waals surface area contributed by atoms with Gasteiger partial charge in [-0.1, -0.05) is 19.1 Å². The van der Waals surface area contributed by atoms with Gasteiger partial charge in [-0.2, -0.15) is 0 Å². The second kappa shape index (κ2) is 7.28. The van der Waals surface area contributed by atoms with Crippen molar-refractivity contribution in [1.29, 1.82) is 0 Å². The minimum atomic E-state index is -2.87. The molecule has 1 atom stereocenters. The zero-order valence-corrected chi connectivity index (χ0v) is 16.5. The summed E-state index contributed by atoms with van der Waals surface area (Å²) in [5, 5.41) is 1.01. The average molecular weight is 391 g/mol. The number of piperazine rings is 1. The van der Waals surface area contributed by atoms with Crippen LogP contribution in [-0.4, -0.2) is 67.9 Å². The van der Waals surface area contributed by atoms with E-state index in [1.807, 2.05) is 17.0 Å². The van der Waals surface area contributed by atoms with E-state index in [1.165, 1.54) is 5.56 Å². The summed E-state index contributed by atoms with van der Waals surface area (Å²) in [6.45, 7) is 4.92. The molecule has 1 aromatic heterocycles. The van der Waals surface area contributed by atoms with E-state index < -0.39 is 9.84 Å². The van der Waals surface area contributed by atoms with Crippen LogP contribution in [0, 0.1) is 0 Å². The fourth-order valence-electron chi connectivity index (χ4n) is 4.16. The van der Waals surface area contributed by atoms with Crippen LogP contribution in [0.15, 0.2) is 28.9 Å². The lowest BCUT2D eigenvalue weighted by Gasteiger charge is -2.37. The number of sulfone groups is 1. The predicted octanol–water partition coefficient (Wildman–Crippen LogP) is 1.87. The molecule has 0 saturated carbocycles. The van der Waals surface area contributed by atoms with Crippen molar-refractivity contribution in [1.82, 2.24) is 9.80 Å². The highest BCUT2D eigenvalue weighted by Crippen LogP contribution is 2.24. The van der Waals surface area contributed by atoms with E-state index in [-0.39, 0.29) is 17.7 Å². The number of benzene rings is 1. The molecule has 1 amide bonds. The van der Waals surface area contributed by atoms with Gasteiger partial charge in [-0.15, -0.1) is 0 Å². The van der Waals surface area contributed by atoms with Gasteiger partial charge in [0, 0.05) is 43.2 Å². The van der Waals surface area contributed by atoms with Crippen LogP contribution in [0.5, 0.6) is 0 Å². The topological polar surface area (TPSA) is 70.8 Å². The summed E-state index contributed by atoms with van der Waals surface area (Å²) < 4.78 is 29.0. The Morgan fingerprint density at radius 1 is 1.22 bits per heavy atom. The molecule has 2 aliphatic heterocycles. The molecule has 0 unspecified atom stereocenters. The molecule has 0 N–H and O–H groups in total. The van der Waals surface area contributed by atoms with Crippen molar-refractivity contribution in [2.24, 2.45) is 0 Å². The second-order valence-electron chi connectivity index (χ2n) is 7.60. The van der Waals surface area contributed by atoms with Gasteiger partial charge in [-0.3, -0.25) is 9.69 Å². The molecule has 1 aromatic carbocycles. The quantitative estimate of drug-likeness (QED) is 0.797. The van der Waals surface area contributed by atoms with Gasteiger partial charge in [0.15, 0.2) is 9.84 Å². The largest absolute Gasteiger partial charge is 0.464 e. The molecule has 3 heterocycles. The minimum Gasteiger partial charge on any atom is -0.464 e. The Labute approximate surface area is 160 Å². The minimum absolute atomic E-state index is 0.107. The summed E-state index contributed by atoms with van der Waals surface area (Å²) in [6, 6.07) is 6.29. The van der Waals surface area contributed by atoms with E-state index in [2.05, 4.69) is 17.9 Å². The van der Waals surface area contributed by atoms with Crippen molar-refractivity contribution >= 4 is 26.7 Å². The Bertz CT molecular complexity index is 942. The number of aryl methyl sites for hydroxylation is 1. The van der Waals surface area contributed by atoms with Crippen molar-refractivity contribution in [3.05, 3.63) is 35.6 Å². The van der Waals surface area contributed by atoms with Gasteiger partial charge < -0.3 is 9.32 Å². The third kappa shape index (κ3) is 3.89. The molecular formula is C20H26N2O4S. The Kier molecular flexibility index (Phi) is 4.99. The summed E-state index contributed by atoms with van der Waals surface area (Å²) in [6.07, 6.45) is 3.71. The van der Waals surface area contributed by atoms with Crippen LogP contribution >= 0.6 is 0 Å². The van der Waals surface area contributed by atoms with Gasteiger partial charge in [0.25, 0.3) is 0 Å². The average Bonchev–Trinajstić information content (AvgIpc) is 3.24. The van der Waals surface area contributed by atoms with Crippen molar-refractivity contribution < 1.29 is 17.6 Å². The molecule has 0 radical (unpaired) electrons. The first kappa shape index (κ1) is 18.5. The molecule has 2 fully saturated rings. The number of carbonyl (C=O) groups is 1. The van der Waals surface area contributed by atoms with Crippen LogP contribution in [0.3, 0.4) is 0 Å². The van der Waals surface area contributed by atoms with Gasteiger partial charge in [-0.25, -0.2) is 8.42 Å². The highest BCUT2D eigenvalue weighted by molar-refractivity contribution is 7.91. The number of rotatable bonds is 4. The monoisotopic (exact) mass is 390 g/mol. The van der Waals surface area contributed by atoms with Crippen molar-refractivity contribution in [3.8, 4) is 0 Å². The molecule has 6 nitrogen and oxygen atoms in total. The number of amides is 1. The lowest BCUT2D eigenvalue weighted by atomic mass is 10.1. The zero-order chi connectivity index (χ0) is 19.0. The smallest absolute Gasteiger partial charge is 0.227 e. The summed E-state index contributed by atoms with van der Waals surface area (Å²) in [5.74, 6) is 0.669. The molecule has 2 aliphatic rings. The Hall–Kier alpha value is -1.86. The number of hydrogen-bond donors (Lipinski definition) is 0. The number of hydrogen-bond acceptors (Lipinski definition) is 5. The molecule has 2 aromatic rings. The molecule has 7 heteroatoms. The number of furan rings is 1. The molecule has 0 spiro atoms. The van der Waals surface area contributed by atoms with Crippen LogP contribution in [0.1, 0.15) is 24.5 Å². The zero-order valence-electron chi connectivity index (χ0n) is 15.7. The number of fused-ring (bicyclic) bond motifs is 1. The van der Waals surface area contributed by atoms with Gasteiger partial charge in [-0.05, 0) is 24.5 Å². The van der Waals surface area contributed by atoms with Crippen LogP contribution in [0.2, 0.25) is 0 Å². The first-order chi connectivity index (χ1) is 12.9. The van der Waals surface area contributed by atoms with E-state index in [0.717, 1.165) is 42.5 Å². The Morgan fingerprint density at radius 3 is 2.67 bits per heavy atom. The van der Waals surface area contributed by atoms with Gasteiger partial charge >= 0.3 is 0 Å². The Balaban J connectivity index is 1.36. The fraction of sp³-hybridized carbons (Fsp3) is 0.550. The normalized spacial score (nSPS) is 23.1. The highest BCUT2D eigenvalue weighted by atomic mass is 32.2. The van der Waals surface area contributed by atoms with Crippen LogP contribution in [0.4, 0.5) is 0 Å². The Morgan fingerprint density at radius 2 is 2.00 bits per heavy atom. The lowest BCUT2D eigenvalue weighted by molar-refractivity contribution is -0.132. The number of carbonyl (C=O) groups excluding carboxylic acids is 1. The summed E-state index contributed by atoms with van der Waals surface area (Å²) in [7, 11) is -2.87. The highest BCUT2D eigenvalue weighted by Gasteiger charge is 2.34. The van der Waals surface area contributed by atoms with Crippen LogP contribution in [-0.2, 0) is 27.5 Å². The molecule has 27 heavy (non-hydrogen) atoms. The first-order valence-corrected chi connectivity index (χ1v) is 11.5. The molecule has 146 valence electrons. The SMILES string of the molecule is CCc1ccc2c(CC(=O)N3CCN([C@@H]4CCS(=O)(=O)C4)CC3)coc2c1.